The average Bonchev–Trinajstić information content (AvgIpc) is 2.11. The number of aryl methyl sites for hydroxylation is 1. The maximum Gasteiger partial charge on any atom is 0.132 e. The van der Waals surface area contributed by atoms with Crippen molar-refractivity contribution in [3.63, 3.8) is 0 Å². The fourth-order valence-electron chi connectivity index (χ4n) is 1.19. The summed E-state index contributed by atoms with van der Waals surface area (Å²) in [6.07, 6.45) is 3.05. The Morgan fingerprint density at radius 3 is 2.77 bits per heavy atom. The molecule has 1 N–H and O–H groups in total. The predicted octanol–water partition coefficient (Wildman–Crippen LogP) is 2.87. The maximum atomic E-state index is 5.17. The maximum absolute atomic E-state index is 5.17. The third kappa shape index (κ3) is 2.54. The van der Waals surface area contributed by atoms with Crippen LogP contribution in [0.2, 0.25) is 0 Å². The smallest absolute Gasteiger partial charge is 0.132 e. The molecule has 0 saturated heterocycles. The second-order valence-corrected chi connectivity index (χ2v) is 4.13. The fourth-order valence-corrected chi connectivity index (χ4v) is 1.83. The number of aromatic nitrogens is 2. The van der Waals surface area contributed by atoms with Gasteiger partial charge in [-0.25, -0.2) is 4.98 Å². The Labute approximate surface area is 88.2 Å². The van der Waals surface area contributed by atoms with E-state index >= 15 is 0 Å². The van der Waals surface area contributed by atoms with Crippen LogP contribution in [0.1, 0.15) is 24.0 Å². The molecule has 2 nitrogen and oxygen atoms in total. The van der Waals surface area contributed by atoms with Gasteiger partial charge in [-0.3, -0.25) is 0 Å². The molecule has 1 heterocycles. The van der Waals surface area contributed by atoms with Crippen molar-refractivity contribution < 1.29 is 0 Å². The highest BCUT2D eigenvalue weighted by molar-refractivity contribution is 7.97. The number of thioether (sulfide) groups is 1. The first-order valence-corrected chi connectivity index (χ1v) is 6.06. The molecule has 0 fully saturated rings. The SMILES string of the molecule is CCc1[nH]c(CSC)nc(=S)c1C. The molecule has 0 aliphatic heterocycles. The van der Waals surface area contributed by atoms with E-state index in [4.69, 9.17) is 12.2 Å². The zero-order valence-electron chi connectivity index (χ0n) is 8.18. The van der Waals surface area contributed by atoms with Crippen LogP contribution >= 0.6 is 24.0 Å². The quantitative estimate of drug-likeness (QED) is 0.784. The van der Waals surface area contributed by atoms with Crippen molar-refractivity contribution in [3.8, 4) is 0 Å². The van der Waals surface area contributed by atoms with Gasteiger partial charge < -0.3 is 4.98 Å². The van der Waals surface area contributed by atoms with E-state index in [0.29, 0.717) is 0 Å². The summed E-state index contributed by atoms with van der Waals surface area (Å²) < 4.78 is 0.736. The number of nitrogens with one attached hydrogen (secondary N) is 1. The summed E-state index contributed by atoms with van der Waals surface area (Å²) in [5, 5.41) is 0. The number of H-pyrrole nitrogens is 1. The minimum absolute atomic E-state index is 0.736. The fraction of sp³-hybridized carbons (Fsp3) is 0.556. The summed E-state index contributed by atoms with van der Waals surface area (Å²) in [6.45, 7) is 4.14. The van der Waals surface area contributed by atoms with Crippen LogP contribution < -0.4 is 0 Å². The third-order valence-electron chi connectivity index (χ3n) is 1.94. The van der Waals surface area contributed by atoms with E-state index in [2.05, 4.69) is 23.1 Å². The van der Waals surface area contributed by atoms with Crippen LogP contribution in [0.25, 0.3) is 0 Å². The van der Waals surface area contributed by atoms with Gasteiger partial charge in [-0.2, -0.15) is 11.8 Å². The molecule has 0 aliphatic carbocycles. The summed E-state index contributed by atoms with van der Waals surface area (Å²) in [7, 11) is 0. The van der Waals surface area contributed by atoms with E-state index in [9.17, 15) is 0 Å². The van der Waals surface area contributed by atoms with E-state index in [1.807, 2.05) is 6.92 Å². The Morgan fingerprint density at radius 1 is 1.54 bits per heavy atom. The van der Waals surface area contributed by atoms with Crippen molar-refractivity contribution in [1.29, 1.82) is 0 Å². The molecular formula is C9H14N2S2. The molecule has 1 aromatic heterocycles. The van der Waals surface area contributed by atoms with Gasteiger partial charge in [0.25, 0.3) is 0 Å². The molecule has 4 heteroatoms. The van der Waals surface area contributed by atoms with Crippen LogP contribution in [-0.2, 0) is 12.2 Å². The second kappa shape index (κ2) is 4.77. The van der Waals surface area contributed by atoms with Crippen molar-refractivity contribution in [3.05, 3.63) is 21.7 Å². The van der Waals surface area contributed by atoms with Crippen molar-refractivity contribution in [1.82, 2.24) is 9.97 Å². The molecule has 0 saturated carbocycles. The lowest BCUT2D eigenvalue weighted by Gasteiger charge is -2.06. The van der Waals surface area contributed by atoms with Gasteiger partial charge in [-0.15, -0.1) is 0 Å². The number of hydrogen-bond acceptors (Lipinski definition) is 3. The number of nitrogens with zero attached hydrogens (tertiary/aromatic N) is 1. The monoisotopic (exact) mass is 214 g/mol. The Morgan fingerprint density at radius 2 is 2.23 bits per heavy atom. The lowest BCUT2D eigenvalue weighted by Crippen LogP contribution is -2.01. The highest BCUT2D eigenvalue weighted by Crippen LogP contribution is 2.10. The standard InChI is InChI=1S/C9H14N2S2/c1-4-7-6(2)9(12)11-8(10-7)5-13-3/h4-5H2,1-3H3,(H,10,11,12). The van der Waals surface area contributed by atoms with Crippen LogP contribution in [0.4, 0.5) is 0 Å². The minimum Gasteiger partial charge on any atom is -0.346 e. The van der Waals surface area contributed by atoms with E-state index in [1.54, 1.807) is 11.8 Å². The van der Waals surface area contributed by atoms with Gasteiger partial charge in [-0.05, 0) is 19.6 Å². The molecule has 72 valence electrons. The van der Waals surface area contributed by atoms with Crippen LogP contribution in [0.15, 0.2) is 0 Å². The molecule has 0 bridgehead atoms. The number of hydrogen-bond donors (Lipinski definition) is 1. The Balaban J connectivity index is 3.14. The zero-order chi connectivity index (χ0) is 9.84. The van der Waals surface area contributed by atoms with Crippen LogP contribution in [0.5, 0.6) is 0 Å². The highest BCUT2D eigenvalue weighted by Gasteiger charge is 2.02. The van der Waals surface area contributed by atoms with Gasteiger partial charge in [0.05, 0.1) is 5.75 Å². The Hall–Kier alpha value is -0.350. The summed E-state index contributed by atoms with van der Waals surface area (Å²) in [6, 6.07) is 0. The zero-order valence-corrected chi connectivity index (χ0v) is 9.81. The topological polar surface area (TPSA) is 28.7 Å². The summed E-state index contributed by atoms with van der Waals surface area (Å²) in [5.74, 6) is 1.89. The average molecular weight is 214 g/mol. The number of rotatable bonds is 3. The lowest BCUT2D eigenvalue weighted by atomic mass is 10.2. The van der Waals surface area contributed by atoms with Gasteiger partial charge in [0.15, 0.2) is 0 Å². The van der Waals surface area contributed by atoms with E-state index in [-0.39, 0.29) is 0 Å². The molecule has 13 heavy (non-hydrogen) atoms. The van der Waals surface area contributed by atoms with Crippen molar-refractivity contribution >= 4 is 24.0 Å². The first-order chi connectivity index (χ1) is 6.19. The van der Waals surface area contributed by atoms with Crippen molar-refractivity contribution in [2.45, 2.75) is 26.0 Å². The first-order valence-electron chi connectivity index (χ1n) is 4.26. The second-order valence-electron chi connectivity index (χ2n) is 2.88. The molecule has 1 rings (SSSR count). The van der Waals surface area contributed by atoms with Gasteiger partial charge in [-0.1, -0.05) is 19.1 Å². The van der Waals surface area contributed by atoms with Crippen LogP contribution in [0, 0.1) is 11.6 Å². The van der Waals surface area contributed by atoms with E-state index in [0.717, 1.165) is 28.2 Å². The van der Waals surface area contributed by atoms with Gasteiger partial charge in [0, 0.05) is 11.3 Å². The van der Waals surface area contributed by atoms with Crippen LogP contribution in [0.3, 0.4) is 0 Å². The van der Waals surface area contributed by atoms with Crippen molar-refractivity contribution in [2.24, 2.45) is 0 Å². The highest BCUT2D eigenvalue weighted by atomic mass is 32.2. The molecule has 0 radical (unpaired) electrons. The summed E-state index contributed by atoms with van der Waals surface area (Å²) in [5.41, 5.74) is 2.33. The van der Waals surface area contributed by atoms with Gasteiger partial charge in [0.2, 0.25) is 0 Å². The first kappa shape index (κ1) is 10.7. The van der Waals surface area contributed by atoms with E-state index < -0.39 is 0 Å². The lowest BCUT2D eigenvalue weighted by molar-refractivity contribution is 0.910. The van der Waals surface area contributed by atoms with Gasteiger partial charge >= 0.3 is 0 Å². The molecule has 0 spiro atoms. The van der Waals surface area contributed by atoms with E-state index in [1.165, 1.54) is 5.69 Å². The Bertz CT molecular complexity index is 344. The van der Waals surface area contributed by atoms with Crippen LogP contribution in [-0.4, -0.2) is 16.2 Å². The van der Waals surface area contributed by atoms with Gasteiger partial charge in [0.1, 0.15) is 10.5 Å². The van der Waals surface area contributed by atoms with Crippen molar-refractivity contribution in [2.75, 3.05) is 6.26 Å². The largest absolute Gasteiger partial charge is 0.346 e. The molecular weight excluding hydrogens is 200 g/mol. The molecule has 1 aromatic rings. The molecule has 0 aromatic carbocycles. The predicted molar refractivity (Wildman–Crippen MR) is 60.8 cm³/mol. The Kier molecular flexibility index (Phi) is 3.93. The molecule has 0 amide bonds. The number of aromatic amines is 1. The molecule has 0 atom stereocenters. The molecule has 0 aliphatic rings. The summed E-state index contributed by atoms with van der Waals surface area (Å²) >= 11 is 6.92. The normalized spacial score (nSPS) is 10.4. The molecule has 0 unspecified atom stereocenters. The minimum atomic E-state index is 0.736. The third-order valence-corrected chi connectivity index (χ3v) is 2.90. The summed E-state index contributed by atoms with van der Waals surface area (Å²) in [4.78, 5) is 7.62.